The minimum Gasteiger partial charge on any atom is -0.462 e. The van der Waals surface area contributed by atoms with E-state index >= 15 is 0 Å². The highest BCUT2D eigenvalue weighted by atomic mass is 31.2. The smallest absolute Gasteiger partial charge is 0.320 e. The van der Waals surface area contributed by atoms with Crippen molar-refractivity contribution < 1.29 is 18.6 Å². The second kappa shape index (κ2) is 10.4. The Morgan fingerprint density at radius 3 is 2.29 bits per heavy atom. The summed E-state index contributed by atoms with van der Waals surface area (Å²) in [7, 11) is -3.07. The second-order valence-electron chi connectivity index (χ2n) is 4.27. The van der Waals surface area contributed by atoms with Gasteiger partial charge in [0.15, 0.2) is 0 Å². The number of esters is 1. The Labute approximate surface area is 127 Å². The van der Waals surface area contributed by atoms with Gasteiger partial charge in [-0.25, -0.2) is 5.09 Å². The van der Waals surface area contributed by atoms with Gasteiger partial charge < -0.3 is 9.26 Å². The average Bonchev–Trinajstić information content (AvgIpc) is 2.48. The van der Waals surface area contributed by atoms with E-state index in [0.717, 1.165) is 0 Å². The Morgan fingerprint density at radius 1 is 1.24 bits per heavy atom. The summed E-state index contributed by atoms with van der Waals surface area (Å²) in [5.74, 6) is 0.0674. The molecule has 1 N–H and O–H groups in total. The predicted octanol–water partition coefficient (Wildman–Crippen LogP) is 3.85. The zero-order valence-corrected chi connectivity index (χ0v) is 14.4. The van der Waals surface area contributed by atoms with Crippen LogP contribution in [0.5, 0.6) is 5.75 Å². The van der Waals surface area contributed by atoms with E-state index in [1.54, 1.807) is 45.0 Å². The third-order valence-corrected chi connectivity index (χ3v) is 4.22. The highest BCUT2D eigenvalue weighted by molar-refractivity contribution is 7.57. The maximum atomic E-state index is 12.4. The molecule has 0 aliphatic rings. The summed E-state index contributed by atoms with van der Waals surface area (Å²) in [6.45, 7) is 9.14. The molecule has 0 saturated heterocycles. The van der Waals surface area contributed by atoms with Gasteiger partial charge in [0.1, 0.15) is 12.3 Å². The molecule has 6 heteroatoms. The van der Waals surface area contributed by atoms with E-state index in [2.05, 4.69) is 5.09 Å². The molecule has 0 radical (unpaired) electrons. The van der Waals surface area contributed by atoms with E-state index in [0.29, 0.717) is 5.75 Å². The van der Waals surface area contributed by atoms with Gasteiger partial charge in [-0.1, -0.05) is 39.0 Å². The normalized spacial score (nSPS) is 12.9. The zero-order valence-electron chi connectivity index (χ0n) is 13.5. The van der Waals surface area contributed by atoms with Gasteiger partial charge in [-0.05, 0) is 26.0 Å². The van der Waals surface area contributed by atoms with Crippen LogP contribution >= 0.6 is 7.52 Å². The first-order chi connectivity index (χ1) is 9.95. The Bertz CT molecular complexity index is 448. The largest absolute Gasteiger partial charge is 0.462 e. The molecule has 120 valence electrons. The van der Waals surface area contributed by atoms with Crippen molar-refractivity contribution in [2.45, 2.75) is 40.7 Å². The van der Waals surface area contributed by atoms with Crippen LogP contribution in [0.3, 0.4) is 0 Å². The fourth-order valence-corrected chi connectivity index (χ4v) is 2.60. The van der Waals surface area contributed by atoms with Crippen LogP contribution in [0.25, 0.3) is 0 Å². The van der Waals surface area contributed by atoms with Crippen LogP contribution in [0.1, 0.15) is 34.6 Å². The SMILES string of the molecule is CC.CCP(=O)(NCC(=O)OC(C)C)Oc1ccccc1. The molecule has 0 aromatic heterocycles. The van der Waals surface area contributed by atoms with Gasteiger partial charge in [0.25, 0.3) is 0 Å². The lowest BCUT2D eigenvalue weighted by molar-refractivity contribution is -0.145. The highest BCUT2D eigenvalue weighted by Gasteiger charge is 2.23. The summed E-state index contributed by atoms with van der Waals surface area (Å²) in [4.78, 5) is 11.4. The van der Waals surface area contributed by atoms with Crippen molar-refractivity contribution in [1.82, 2.24) is 5.09 Å². The maximum absolute atomic E-state index is 12.4. The molecule has 0 spiro atoms. The summed E-state index contributed by atoms with van der Waals surface area (Å²) < 4.78 is 22.8. The molecule has 1 aromatic rings. The van der Waals surface area contributed by atoms with Crippen LogP contribution in [0.4, 0.5) is 0 Å². The van der Waals surface area contributed by atoms with E-state index in [9.17, 15) is 9.36 Å². The van der Waals surface area contributed by atoms with Crippen molar-refractivity contribution in [3.05, 3.63) is 30.3 Å². The summed E-state index contributed by atoms with van der Waals surface area (Å²) >= 11 is 0. The number of benzene rings is 1. The van der Waals surface area contributed by atoms with E-state index in [-0.39, 0.29) is 18.8 Å². The molecular formula is C15H26NO4P. The number of nitrogens with one attached hydrogen (secondary N) is 1. The van der Waals surface area contributed by atoms with Crippen LogP contribution in [-0.2, 0) is 14.1 Å². The molecule has 0 aliphatic heterocycles. The molecular weight excluding hydrogens is 289 g/mol. The van der Waals surface area contributed by atoms with Crippen molar-refractivity contribution in [3.63, 3.8) is 0 Å². The minimum atomic E-state index is -3.07. The number of hydrogen-bond donors (Lipinski definition) is 1. The van der Waals surface area contributed by atoms with Crippen molar-refractivity contribution in [3.8, 4) is 5.75 Å². The zero-order chi connectivity index (χ0) is 16.3. The molecule has 0 amide bonds. The number of rotatable bonds is 7. The molecule has 1 aromatic carbocycles. The van der Waals surface area contributed by atoms with Crippen molar-refractivity contribution in [2.24, 2.45) is 0 Å². The van der Waals surface area contributed by atoms with E-state index in [1.807, 2.05) is 19.9 Å². The first-order valence-corrected chi connectivity index (χ1v) is 9.04. The minimum absolute atomic E-state index is 0.129. The van der Waals surface area contributed by atoms with Crippen LogP contribution in [0, 0.1) is 0 Å². The summed E-state index contributed by atoms with van der Waals surface area (Å²) in [5, 5.41) is 2.66. The van der Waals surface area contributed by atoms with Crippen LogP contribution in [0.15, 0.2) is 30.3 Å². The number of carbonyl (C=O) groups is 1. The molecule has 1 rings (SSSR count). The Kier molecular flexibility index (Phi) is 9.76. The van der Waals surface area contributed by atoms with Crippen molar-refractivity contribution >= 4 is 13.5 Å². The lowest BCUT2D eigenvalue weighted by atomic mass is 10.3. The summed E-state index contributed by atoms with van der Waals surface area (Å²) in [5.41, 5.74) is 0. The second-order valence-corrected chi connectivity index (χ2v) is 6.75. The first-order valence-electron chi connectivity index (χ1n) is 7.23. The Morgan fingerprint density at radius 2 is 1.81 bits per heavy atom. The van der Waals surface area contributed by atoms with Crippen molar-refractivity contribution in [2.75, 3.05) is 12.7 Å². The lowest BCUT2D eigenvalue weighted by Gasteiger charge is -2.19. The molecule has 5 nitrogen and oxygen atoms in total. The fourth-order valence-electron chi connectivity index (χ4n) is 1.35. The van der Waals surface area contributed by atoms with E-state index in [4.69, 9.17) is 9.26 Å². The Balaban J connectivity index is 0.00000191. The molecule has 1 atom stereocenters. The van der Waals surface area contributed by atoms with Crippen molar-refractivity contribution in [1.29, 1.82) is 0 Å². The molecule has 0 heterocycles. The summed E-state index contributed by atoms with van der Waals surface area (Å²) in [6.07, 6.45) is 0.0991. The summed E-state index contributed by atoms with van der Waals surface area (Å²) in [6, 6.07) is 8.87. The van der Waals surface area contributed by atoms with Gasteiger partial charge in [0.05, 0.1) is 6.10 Å². The van der Waals surface area contributed by atoms with Crippen LogP contribution < -0.4 is 9.61 Å². The topological polar surface area (TPSA) is 64.6 Å². The molecule has 0 saturated carbocycles. The first kappa shape index (κ1) is 19.7. The van der Waals surface area contributed by atoms with E-state index in [1.165, 1.54) is 0 Å². The van der Waals surface area contributed by atoms with Gasteiger partial charge in [0.2, 0.25) is 0 Å². The van der Waals surface area contributed by atoms with Gasteiger partial charge in [-0.15, -0.1) is 0 Å². The molecule has 21 heavy (non-hydrogen) atoms. The van der Waals surface area contributed by atoms with E-state index < -0.39 is 13.5 Å². The molecule has 1 unspecified atom stereocenters. The molecule has 0 bridgehead atoms. The molecule has 0 aliphatic carbocycles. The molecule has 0 fully saturated rings. The average molecular weight is 315 g/mol. The van der Waals surface area contributed by atoms with Gasteiger partial charge in [-0.3, -0.25) is 9.36 Å². The predicted molar refractivity (Wildman–Crippen MR) is 85.8 cm³/mol. The van der Waals surface area contributed by atoms with Gasteiger partial charge in [-0.2, -0.15) is 0 Å². The quantitative estimate of drug-likeness (QED) is 0.611. The number of carbonyl (C=O) groups excluding carboxylic acids is 1. The number of para-hydroxylation sites is 1. The standard InChI is InChI=1S/C13H20NO4P.C2H6/c1-4-19(16,14-10-13(15)17-11(2)3)18-12-8-6-5-7-9-12;1-2/h5-9,11H,4,10H2,1-3H3,(H,14,16);1-2H3. The van der Waals surface area contributed by atoms with Crippen LogP contribution in [-0.4, -0.2) is 24.8 Å². The number of hydrogen-bond acceptors (Lipinski definition) is 4. The third kappa shape index (κ3) is 8.53. The monoisotopic (exact) mass is 315 g/mol. The highest BCUT2D eigenvalue weighted by Crippen LogP contribution is 2.42. The maximum Gasteiger partial charge on any atom is 0.320 e. The van der Waals surface area contributed by atoms with Gasteiger partial charge in [0, 0.05) is 6.16 Å². The van der Waals surface area contributed by atoms with Gasteiger partial charge >= 0.3 is 13.5 Å². The van der Waals surface area contributed by atoms with Crippen LogP contribution in [0.2, 0.25) is 0 Å². The number of ether oxygens (including phenoxy) is 1. The fraction of sp³-hybridized carbons (Fsp3) is 0.533. The lowest BCUT2D eigenvalue weighted by Crippen LogP contribution is -2.26. The Hall–Kier alpha value is -1.32. The third-order valence-electron chi connectivity index (χ3n) is 2.24.